The summed E-state index contributed by atoms with van der Waals surface area (Å²) >= 11 is 5.97. The molecule has 0 bridgehead atoms. The number of hydrogen-bond acceptors (Lipinski definition) is 3. The molecule has 0 amide bonds. The molecule has 9 heteroatoms. The fourth-order valence-corrected chi connectivity index (χ4v) is 3.38. The van der Waals surface area contributed by atoms with Crippen molar-refractivity contribution < 1.29 is 13.2 Å². The molecule has 0 atom stereocenters. The number of imidazole rings is 1. The van der Waals surface area contributed by atoms with Crippen LogP contribution in [0.25, 0.3) is 22.3 Å². The number of pyridine rings is 2. The van der Waals surface area contributed by atoms with Gasteiger partial charge in [-0.15, -0.1) is 0 Å². The zero-order valence-corrected chi connectivity index (χ0v) is 15.9. The van der Waals surface area contributed by atoms with Gasteiger partial charge in [0.05, 0.1) is 22.6 Å². The molecule has 148 valence electrons. The molecule has 5 nitrogen and oxygen atoms in total. The van der Waals surface area contributed by atoms with Gasteiger partial charge in [0.15, 0.2) is 5.65 Å². The number of fused-ring (bicyclic) bond motifs is 1. The van der Waals surface area contributed by atoms with Gasteiger partial charge in [-0.25, -0.2) is 9.78 Å². The largest absolute Gasteiger partial charge is 0.416 e. The van der Waals surface area contributed by atoms with Crippen molar-refractivity contribution in [2.24, 2.45) is 7.05 Å². The van der Waals surface area contributed by atoms with E-state index in [9.17, 15) is 18.0 Å². The molecule has 0 N–H and O–H groups in total. The van der Waals surface area contributed by atoms with Gasteiger partial charge in [0, 0.05) is 31.2 Å². The molecule has 3 aromatic heterocycles. The summed E-state index contributed by atoms with van der Waals surface area (Å²) in [5.41, 5.74) is 1.46. The molecule has 0 saturated heterocycles. The number of halogens is 4. The van der Waals surface area contributed by atoms with Gasteiger partial charge in [0.2, 0.25) is 0 Å². The molecule has 1 aromatic carbocycles. The second-order valence-corrected chi connectivity index (χ2v) is 7.02. The molecule has 4 rings (SSSR count). The van der Waals surface area contributed by atoms with E-state index in [0.717, 1.165) is 17.7 Å². The van der Waals surface area contributed by atoms with Crippen LogP contribution < -0.4 is 5.69 Å². The average molecular weight is 419 g/mol. The highest BCUT2D eigenvalue weighted by molar-refractivity contribution is 6.30. The summed E-state index contributed by atoms with van der Waals surface area (Å²) in [5.74, 6) is 0. The standard InChI is InChI=1S/C20H14ClF3N4O/c1-27-18-17(28(19(27)29)11-12-5-16(21)10-25-8-12)7-14(9-26-18)13-3-2-4-15(6-13)20(22,23)24/h2-10H,11H2,1H3. The minimum atomic E-state index is -4.44. The van der Waals surface area contributed by atoms with E-state index in [4.69, 9.17) is 11.6 Å². The lowest BCUT2D eigenvalue weighted by Crippen LogP contribution is -2.22. The molecule has 29 heavy (non-hydrogen) atoms. The van der Waals surface area contributed by atoms with E-state index in [-0.39, 0.29) is 12.2 Å². The molecule has 3 heterocycles. The van der Waals surface area contributed by atoms with Gasteiger partial charge in [-0.05, 0) is 35.4 Å². The molecule has 0 radical (unpaired) electrons. The molecular weight excluding hydrogens is 405 g/mol. The minimum absolute atomic E-state index is 0.206. The number of aryl methyl sites for hydroxylation is 1. The maximum atomic E-state index is 13.1. The number of alkyl halides is 3. The van der Waals surface area contributed by atoms with E-state index < -0.39 is 11.7 Å². The molecule has 4 aromatic rings. The van der Waals surface area contributed by atoms with Crippen molar-refractivity contribution in [2.75, 3.05) is 0 Å². The number of benzene rings is 1. The van der Waals surface area contributed by atoms with Crippen LogP contribution in [0.5, 0.6) is 0 Å². The number of nitrogens with zero attached hydrogens (tertiary/aromatic N) is 4. The second kappa shape index (κ2) is 7.04. The van der Waals surface area contributed by atoms with Crippen LogP contribution in [0.1, 0.15) is 11.1 Å². The summed E-state index contributed by atoms with van der Waals surface area (Å²) < 4.78 is 42.0. The van der Waals surface area contributed by atoms with Crippen LogP contribution in [0.4, 0.5) is 13.2 Å². The van der Waals surface area contributed by atoms with Crippen molar-refractivity contribution >= 4 is 22.8 Å². The van der Waals surface area contributed by atoms with Gasteiger partial charge in [0.25, 0.3) is 0 Å². The maximum Gasteiger partial charge on any atom is 0.416 e. The molecular formula is C20H14ClF3N4O. The Morgan fingerprint density at radius 3 is 2.59 bits per heavy atom. The Hall–Kier alpha value is -3.13. The van der Waals surface area contributed by atoms with Crippen LogP contribution in [-0.4, -0.2) is 19.1 Å². The van der Waals surface area contributed by atoms with Gasteiger partial charge >= 0.3 is 11.9 Å². The van der Waals surface area contributed by atoms with Crippen molar-refractivity contribution in [1.29, 1.82) is 0 Å². The Kier molecular flexibility index (Phi) is 4.66. The highest BCUT2D eigenvalue weighted by Gasteiger charge is 2.30. The van der Waals surface area contributed by atoms with Gasteiger partial charge in [-0.2, -0.15) is 13.2 Å². The molecule has 0 aliphatic heterocycles. The summed E-state index contributed by atoms with van der Waals surface area (Å²) in [4.78, 5) is 21.0. The van der Waals surface area contributed by atoms with E-state index in [0.29, 0.717) is 27.3 Å². The lowest BCUT2D eigenvalue weighted by Gasteiger charge is -2.09. The van der Waals surface area contributed by atoms with Crippen molar-refractivity contribution in [3.8, 4) is 11.1 Å². The van der Waals surface area contributed by atoms with E-state index in [2.05, 4.69) is 9.97 Å². The zero-order valence-electron chi connectivity index (χ0n) is 15.1. The number of hydrogen-bond donors (Lipinski definition) is 0. The highest BCUT2D eigenvalue weighted by Crippen LogP contribution is 2.32. The van der Waals surface area contributed by atoms with Crippen molar-refractivity contribution in [2.45, 2.75) is 12.7 Å². The smallest absolute Gasteiger partial charge is 0.286 e. The Morgan fingerprint density at radius 2 is 1.86 bits per heavy atom. The Bertz CT molecular complexity index is 1280. The quantitative estimate of drug-likeness (QED) is 0.491. The van der Waals surface area contributed by atoms with Crippen molar-refractivity contribution in [1.82, 2.24) is 19.1 Å². The lowest BCUT2D eigenvalue weighted by molar-refractivity contribution is -0.137. The molecule has 0 aliphatic carbocycles. The van der Waals surface area contributed by atoms with E-state index >= 15 is 0 Å². The lowest BCUT2D eigenvalue weighted by atomic mass is 10.0. The summed E-state index contributed by atoms with van der Waals surface area (Å²) in [6.07, 6.45) is 0.107. The van der Waals surface area contributed by atoms with Crippen LogP contribution in [0, 0.1) is 0 Å². The monoisotopic (exact) mass is 418 g/mol. The Balaban J connectivity index is 1.85. The van der Waals surface area contributed by atoms with Crippen molar-refractivity contribution in [3.63, 3.8) is 0 Å². The summed E-state index contributed by atoms with van der Waals surface area (Å²) in [5, 5.41) is 0.443. The van der Waals surface area contributed by atoms with E-state index in [1.165, 1.54) is 27.6 Å². The van der Waals surface area contributed by atoms with Crippen LogP contribution in [-0.2, 0) is 19.8 Å². The predicted molar refractivity (Wildman–Crippen MR) is 104 cm³/mol. The third kappa shape index (κ3) is 3.63. The summed E-state index contributed by atoms with van der Waals surface area (Å²) in [6, 6.07) is 8.36. The number of aromatic nitrogens is 4. The van der Waals surface area contributed by atoms with Crippen LogP contribution >= 0.6 is 11.6 Å². The third-order valence-electron chi connectivity index (χ3n) is 4.60. The van der Waals surface area contributed by atoms with Crippen LogP contribution in [0.15, 0.2) is 59.8 Å². The predicted octanol–water partition coefficient (Wildman–Crippen LogP) is 4.52. The zero-order chi connectivity index (χ0) is 20.8. The first-order valence-electron chi connectivity index (χ1n) is 8.56. The first-order chi connectivity index (χ1) is 13.7. The van der Waals surface area contributed by atoms with Gasteiger partial charge in [-0.1, -0.05) is 23.7 Å². The summed E-state index contributed by atoms with van der Waals surface area (Å²) in [6.45, 7) is 0.206. The molecule has 0 aliphatic rings. The molecule has 0 unspecified atom stereocenters. The molecule has 0 spiro atoms. The van der Waals surface area contributed by atoms with Gasteiger partial charge in [-0.3, -0.25) is 14.1 Å². The van der Waals surface area contributed by atoms with Crippen LogP contribution in [0.2, 0.25) is 5.02 Å². The average Bonchev–Trinajstić information content (AvgIpc) is 2.92. The highest BCUT2D eigenvalue weighted by atomic mass is 35.5. The Labute approximate surface area is 168 Å². The molecule has 0 saturated carbocycles. The number of rotatable bonds is 3. The molecule has 0 fully saturated rings. The summed E-state index contributed by atoms with van der Waals surface area (Å²) in [7, 11) is 1.59. The Morgan fingerprint density at radius 1 is 1.07 bits per heavy atom. The first-order valence-corrected chi connectivity index (χ1v) is 8.94. The van der Waals surface area contributed by atoms with Crippen LogP contribution in [0.3, 0.4) is 0 Å². The second-order valence-electron chi connectivity index (χ2n) is 6.58. The first kappa shape index (κ1) is 19.2. The fraction of sp³-hybridized carbons (Fsp3) is 0.150. The third-order valence-corrected chi connectivity index (χ3v) is 4.81. The maximum absolute atomic E-state index is 13.1. The topological polar surface area (TPSA) is 52.7 Å². The fourth-order valence-electron chi connectivity index (χ4n) is 3.19. The van der Waals surface area contributed by atoms with E-state index in [1.54, 1.807) is 31.4 Å². The minimum Gasteiger partial charge on any atom is -0.286 e. The normalized spacial score (nSPS) is 11.9. The van der Waals surface area contributed by atoms with Gasteiger partial charge < -0.3 is 0 Å². The van der Waals surface area contributed by atoms with Gasteiger partial charge in [0.1, 0.15) is 0 Å². The van der Waals surface area contributed by atoms with E-state index in [1.807, 2.05) is 0 Å². The SMILES string of the molecule is Cn1c(=O)n(Cc2cncc(Cl)c2)c2cc(-c3cccc(C(F)(F)F)c3)cnc21. The van der Waals surface area contributed by atoms with Crippen molar-refractivity contribution in [3.05, 3.63) is 81.6 Å².